The molecule has 1 heterocycles. The highest BCUT2D eigenvalue weighted by Crippen LogP contribution is 2.33. The number of nitrogens with zero attached hydrogens (tertiary/aromatic N) is 2. The van der Waals surface area contributed by atoms with E-state index in [1.807, 2.05) is 35.2 Å². The van der Waals surface area contributed by atoms with Gasteiger partial charge in [-0.3, -0.25) is 4.79 Å². The molecule has 32 heavy (non-hydrogen) atoms. The molecule has 1 aliphatic rings. The molecule has 1 saturated carbocycles. The van der Waals surface area contributed by atoms with Gasteiger partial charge in [-0.2, -0.15) is 0 Å². The summed E-state index contributed by atoms with van der Waals surface area (Å²) in [5, 5.41) is 1.18. The summed E-state index contributed by atoms with van der Waals surface area (Å²) < 4.78 is 5.90. The van der Waals surface area contributed by atoms with Gasteiger partial charge in [0, 0.05) is 24.2 Å². The molecule has 0 aliphatic heterocycles. The SMILES string of the molecule is COC(=O)/C=C/c1cccc(N(CCCCCc2nc3ccccc3s2)C(=O)C2CC2)c1. The number of hydrogen-bond donors (Lipinski definition) is 0. The first-order chi connectivity index (χ1) is 15.6. The Bertz CT molecular complexity index is 1080. The van der Waals surface area contributed by atoms with Crippen LogP contribution in [-0.4, -0.2) is 30.5 Å². The number of carbonyl (C=O) groups is 2. The predicted octanol–water partition coefficient (Wildman–Crippen LogP) is 5.64. The maximum absolute atomic E-state index is 12.9. The van der Waals surface area contributed by atoms with Gasteiger partial charge in [-0.05, 0) is 68.0 Å². The van der Waals surface area contributed by atoms with Crippen molar-refractivity contribution in [3.63, 3.8) is 0 Å². The van der Waals surface area contributed by atoms with Crippen molar-refractivity contribution in [2.24, 2.45) is 5.92 Å². The first-order valence-electron chi connectivity index (χ1n) is 11.2. The summed E-state index contributed by atoms with van der Waals surface area (Å²) in [5.41, 5.74) is 2.84. The number of hydrogen-bond acceptors (Lipinski definition) is 5. The van der Waals surface area contributed by atoms with Crippen LogP contribution in [0.15, 0.2) is 54.6 Å². The highest BCUT2D eigenvalue weighted by atomic mass is 32.1. The van der Waals surface area contributed by atoms with Crippen LogP contribution in [0, 0.1) is 5.92 Å². The smallest absolute Gasteiger partial charge is 0.330 e. The number of ether oxygens (including phenoxy) is 1. The van der Waals surface area contributed by atoms with Crippen molar-refractivity contribution in [2.75, 3.05) is 18.6 Å². The zero-order chi connectivity index (χ0) is 22.3. The van der Waals surface area contributed by atoms with Gasteiger partial charge in [-0.15, -0.1) is 11.3 Å². The van der Waals surface area contributed by atoms with Gasteiger partial charge in [0.15, 0.2) is 0 Å². The zero-order valence-corrected chi connectivity index (χ0v) is 19.1. The number of benzene rings is 2. The standard InChI is InChI=1S/C26H28N2O3S/c1-31-25(29)16-13-19-8-7-9-21(18-19)28(26(30)20-14-15-20)17-6-2-3-12-24-27-22-10-4-5-11-23(22)32-24/h4-5,7-11,13,16,18,20H,2-3,6,12,14-15,17H2,1H3/b16-13+. The lowest BCUT2D eigenvalue weighted by atomic mass is 10.1. The van der Waals surface area contributed by atoms with Gasteiger partial charge < -0.3 is 9.64 Å². The van der Waals surface area contributed by atoms with E-state index in [2.05, 4.69) is 22.9 Å². The highest BCUT2D eigenvalue weighted by Gasteiger charge is 2.33. The van der Waals surface area contributed by atoms with E-state index >= 15 is 0 Å². The molecule has 0 atom stereocenters. The molecule has 3 aromatic rings. The average Bonchev–Trinajstić information content (AvgIpc) is 3.59. The maximum atomic E-state index is 12.9. The Hall–Kier alpha value is -2.99. The molecule has 0 spiro atoms. The minimum absolute atomic E-state index is 0.159. The van der Waals surface area contributed by atoms with Crippen LogP contribution in [0.3, 0.4) is 0 Å². The average molecular weight is 449 g/mol. The molecule has 2 aromatic carbocycles. The number of rotatable bonds is 10. The molecule has 1 aromatic heterocycles. The molecule has 0 N–H and O–H groups in total. The lowest BCUT2D eigenvalue weighted by molar-refractivity contribution is -0.134. The van der Waals surface area contributed by atoms with Gasteiger partial charge in [-0.25, -0.2) is 9.78 Å². The summed E-state index contributed by atoms with van der Waals surface area (Å²) in [4.78, 5) is 31.0. The van der Waals surface area contributed by atoms with Crippen molar-refractivity contribution in [1.29, 1.82) is 0 Å². The number of para-hydroxylation sites is 1. The molecular formula is C26H28N2O3S. The fourth-order valence-corrected chi connectivity index (χ4v) is 4.70. The predicted molar refractivity (Wildman–Crippen MR) is 130 cm³/mol. The number of anilines is 1. The van der Waals surface area contributed by atoms with Crippen LogP contribution in [0.1, 0.15) is 42.7 Å². The lowest BCUT2D eigenvalue weighted by Gasteiger charge is -2.23. The summed E-state index contributed by atoms with van der Waals surface area (Å²) in [6.07, 6.45) is 9.11. The second-order valence-corrected chi connectivity index (χ2v) is 9.22. The fourth-order valence-electron chi connectivity index (χ4n) is 3.70. The normalized spacial score (nSPS) is 13.5. The monoisotopic (exact) mass is 448 g/mol. The van der Waals surface area contributed by atoms with Crippen LogP contribution >= 0.6 is 11.3 Å². The van der Waals surface area contributed by atoms with E-state index < -0.39 is 5.97 Å². The number of esters is 1. The number of amides is 1. The lowest BCUT2D eigenvalue weighted by Crippen LogP contribution is -2.33. The van der Waals surface area contributed by atoms with Crippen molar-refractivity contribution >= 4 is 45.2 Å². The summed E-state index contributed by atoms with van der Waals surface area (Å²) >= 11 is 1.77. The number of thiazole rings is 1. The number of unbranched alkanes of at least 4 members (excludes halogenated alkanes) is 2. The van der Waals surface area contributed by atoms with E-state index in [0.29, 0.717) is 6.54 Å². The number of carbonyl (C=O) groups excluding carboxylic acids is 2. The molecule has 5 nitrogen and oxygen atoms in total. The van der Waals surface area contributed by atoms with Crippen LogP contribution < -0.4 is 4.90 Å². The Balaban J connectivity index is 1.34. The largest absolute Gasteiger partial charge is 0.466 e. The summed E-state index contributed by atoms with van der Waals surface area (Å²) in [6.45, 7) is 0.708. The summed E-state index contributed by atoms with van der Waals surface area (Å²) in [5.74, 6) is -0.0215. The number of fused-ring (bicyclic) bond motifs is 1. The molecule has 1 aliphatic carbocycles. The van der Waals surface area contributed by atoms with E-state index in [9.17, 15) is 9.59 Å². The highest BCUT2D eigenvalue weighted by molar-refractivity contribution is 7.18. The molecular weight excluding hydrogens is 420 g/mol. The van der Waals surface area contributed by atoms with Gasteiger partial charge >= 0.3 is 5.97 Å². The molecule has 166 valence electrons. The fraction of sp³-hybridized carbons (Fsp3) is 0.346. The topological polar surface area (TPSA) is 59.5 Å². The quantitative estimate of drug-likeness (QED) is 0.229. The molecule has 0 radical (unpaired) electrons. The number of aromatic nitrogens is 1. The van der Waals surface area contributed by atoms with Crippen LogP contribution in [0.25, 0.3) is 16.3 Å². The van der Waals surface area contributed by atoms with Gasteiger partial charge in [0.1, 0.15) is 0 Å². The van der Waals surface area contributed by atoms with Crippen molar-refractivity contribution in [3.05, 3.63) is 65.2 Å². The van der Waals surface area contributed by atoms with E-state index in [1.165, 1.54) is 22.9 Å². The van der Waals surface area contributed by atoms with Gasteiger partial charge in [0.2, 0.25) is 5.91 Å². The van der Waals surface area contributed by atoms with Crippen molar-refractivity contribution in [1.82, 2.24) is 4.98 Å². The van der Waals surface area contributed by atoms with Crippen LogP contribution in [-0.2, 0) is 20.7 Å². The Morgan fingerprint density at radius 2 is 1.97 bits per heavy atom. The second-order valence-electron chi connectivity index (χ2n) is 8.10. The van der Waals surface area contributed by atoms with E-state index in [1.54, 1.807) is 17.4 Å². The van der Waals surface area contributed by atoms with Crippen LogP contribution in [0.5, 0.6) is 0 Å². The minimum atomic E-state index is -0.394. The van der Waals surface area contributed by atoms with Gasteiger partial charge in [0.05, 0.1) is 22.3 Å². The molecule has 4 rings (SSSR count). The number of aryl methyl sites for hydroxylation is 1. The van der Waals surface area contributed by atoms with Gasteiger partial charge in [0.25, 0.3) is 0 Å². The van der Waals surface area contributed by atoms with E-state index in [4.69, 9.17) is 4.98 Å². The third-order valence-electron chi connectivity index (χ3n) is 5.60. The van der Waals surface area contributed by atoms with Crippen molar-refractivity contribution < 1.29 is 14.3 Å². The summed E-state index contributed by atoms with van der Waals surface area (Å²) in [7, 11) is 1.36. The number of methoxy groups -OCH3 is 1. The first kappa shape index (κ1) is 22.2. The van der Waals surface area contributed by atoms with Crippen molar-refractivity contribution in [2.45, 2.75) is 38.5 Å². The van der Waals surface area contributed by atoms with Crippen LogP contribution in [0.4, 0.5) is 5.69 Å². The zero-order valence-electron chi connectivity index (χ0n) is 18.3. The Kier molecular flexibility index (Phi) is 7.32. The maximum Gasteiger partial charge on any atom is 0.330 e. The molecule has 1 fully saturated rings. The van der Waals surface area contributed by atoms with Crippen molar-refractivity contribution in [3.8, 4) is 0 Å². The third-order valence-corrected chi connectivity index (χ3v) is 6.69. The molecule has 0 bridgehead atoms. The molecule has 6 heteroatoms. The Morgan fingerprint density at radius 1 is 1.12 bits per heavy atom. The third kappa shape index (κ3) is 5.82. The van der Waals surface area contributed by atoms with Gasteiger partial charge in [-0.1, -0.05) is 30.7 Å². The molecule has 0 saturated heterocycles. The minimum Gasteiger partial charge on any atom is -0.466 e. The van der Waals surface area contributed by atoms with Crippen LogP contribution in [0.2, 0.25) is 0 Å². The van der Waals surface area contributed by atoms with E-state index in [0.717, 1.165) is 55.3 Å². The molecule has 1 amide bonds. The Labute approximate surface area is 192 Å². The first-order valence-corrected chi connectivity index (χ1v) is 12.0. The Morgan fingerprint density at radius 3 is 2.75 bits per heavy atom. The second kappa shape index (κ2) is 10.6. The summed E-state index contributed by atoms with van der Waals surface area (Å²) in [6, 6.07) is 16.0. The van der Waals surface area contributed by atoms with E-state index in [-0.39, 0.29) is 11.8 Å². The molecule has 0 unspecified atom stereocenters.